The molecule has 2 N–H and O–H groups in total. The second kappa shape index (κ2) is 2.75. The van der Waals surface area contributed by atoms with Crippen molar-refractivity contribution in [1.82, 2.24) is 19.5 Å². The molecule has 0 saturated carbocycles. The molecule has 0 spiro atoms. The van der Waals surface area contributed by atoms with Crippen molar-refractivity contribution in [3.8, 4) is 0 Å². The lowest BCUT2D eigenvalue weighted by Crippen LogP contribution is -2.31. The first-order valence-corrected chi connectivity index (χ1v) is 4.75. The molecule has 0 aliphatic carbocycles. The predicted octanol–water partition coefficient (Wildman–Crippen LogP) is 0.0998. The summed E-state index contributed by atoms with van der Waals surface area (Å²) in [5.41, 5.74) is 7.69. The number of rotatable bonds is 0. The molecule has 0 unspecified atom stereocenters. The van der Waals surface area contributed by atoms with E-state index in [1.807, 2.05) is 0 Å². The Hall–Kier alpha value is -1.49. The summed E-state index contributed by atoms with van der Waals surface area (Å²) < 4.78 is 2.13. The Morgan fingerprint density at radius 2 is 2.43 bits per heavy atom. The first-order chi connectivity index (χ1) is 6.84. The maximum absolute atomic E-state index is 5.91. The number of aromatic nitrogens is 4. The molecule has 0 fully saturated rings. The van der Waals surface area contributed by atoms with Crippen LogP contribution < -0.4 is 5.73 Å². The largest absolute Gasteiger partial charge is 0.326 e. The summed E-state index contributed by atoms with van der Waals surface area (Å²) in [6.45, 7) is 0.833. The highest BCUT2D eigenvalue weighted by Crippen LogP contribution is 2.19. The number of aryl methyl sites for hydroxylation is 1. The maximum atomic E-state index is 5.91. The molecule has 5 nitrogen and oxygen atoms in total. The predicted molar refractivity (Wildman–Crippen MR) is 51.6 cm³/mol. The van der Waals surface area contributed by atoms with Gasteiger partial charge in [0.05, 0.1) is 6.20 Å². The van der Waals surface area contributed by atoms with Crippen molar-refractivity contribution in [1.29, 1.82) is 0 Å². The molecule has 0 amide bonds. The molecule has 0 aromatic carbocycles. The first-order valence-electron chi connectivity index (χ1n) is 4.75. The quantitative estimate of drug-likeness (QED) is 0.638. The Morgan fingerprint density at radius 1 is 1.50 bits per heavy atom. The van der Waals surface area contributed by atoms with Gasteiger partial charge in [0.1, 0.15) is 17.7 Å². The highest BCUT2D eigenvalue weighted by atomic mass is 15.1. The zero-order valence-corrected chi connectivity index (χ0v) is 7.72. The van der Waals surface area contributed by atoms with Crippen molar-refractivity contribution in [2.24, 2.45) is 5.73 Å². The summed E-state index contributed by atoms with van der Waals surface area (Å²) in [6.07, 6.45) is 5.28. The number of fused-ring (bicyclic) bond motifs is 3. The molecule has 3 rings (SSSR count). The lowest BCUT2D eigenvalue weighted by Gasteiger charge is -2.20. The van der Waals surface area contributed by atoms with E-state index in [4.69, 9.17) is 5.73 Å². The van der Waals surface area contributed by atoms with Crippen molar-refractivity contribution >= 4 is 11.2 Å². The Bertz CT molecular complexity index is 475. The fourth-order valence-corrected chi connectivity index (χ4v) is 1.95. The van der Waals surface area contributed by atoms with Crippen LogP contribution in [0, 0.1) is 0 Å². The fourth-order valence-electron chi connectivity index (χ4n) is 1.95. The van der Waals surface area contributed by atoms with Gasteiger partial charge in [0, 0.05) is 19.0 Å². The normalized spacial score (nSPS) is 21.1. The molecule has 1 aliphatic heterocycles. The van der Waals surface area contributed by atoms with Crippen LogP contribution >= 0.6 is 0 Å². The van der Waals surface area contributed by atoms with Gasteiger partial charge in [-0.05, 0) is 6.42 Å². The van der Waals surface area contributed by atoms with Crippen LogP contribution in [0.25, 0.3) is 11.2 Å². The van der Waals surface area contributed by atoms with Gasteiger partial charge in [0.25, 0.3) is 0 Å². The summed E-state index contributed by atoms with van der Waals surface area (Å²) >= 11 is 0. The van der Waals surface area contributed by atoms with Gasteiger partial charge >= 0.3 is 0 Å². The summed E-state index contributed by atoms with van der Waals surface area (Å²) in [4.78, 5) is 12.6. The Balaban J connectivity index is 2.25. The molecule has 14 heavy (non-hydrogen) atoms. The monoisotopic (exact) mass is 189 g/mol. The molecule has 2 aromatic heterocycles. The van der Waals surface area contributed by atoms with Crippen molar-refractivity contribution in [3.05, 3.63) is 18.3 Å². The van der Waals surface area contributed by atoms with Crippen LogP contribution in [0.3, 0.4) is 0 Å². The van der Waals surface area contributed by atoms with E-state index in [1.165, 1.54) is 6.33 Å². The van der Waals surface area contributed by atoms with E-state index in [-0.39, 0.29) is 6.04 Å². The third kappa shape index (κ3) is 1.02. The topological polar surface area (TPSA) is 69.6 Å². The SMILES string of the molecule is N[C@@H]1CCc2nc3ncncc3n2C1. The van der Waals surface area contributed by atoms with Crippen LogP contribution in [0.15, 0.2) is 12.5 Å². The van der Waals surface area contributed by atoms with Gasteiger partial charge in [-0.1, -0.05) is 0 Å². The smallest absolute Gasteiger partial charge is 0.181 e. The summed E-state index contributed by atoms with van der Waals surface area (Å²) in [5, 5.41) is 0. The minimum Gasteiger partial charge on any atom is -0.326 e. The molecule has 3 heterocycles. The van der Waals surface area contributed by atoms with E-state index >= 15 is 0 Å². The van der Waals surface area contributed by atoms with Gasteiger partial charge in [-0.2, -0.15) is 0 Å². The molecule has 0 saturated heterocycles. The molecule has 1 atom stereocenters. The van der Waals surface area contributed by atoms with Gasteiger partial charge in [0.2, 0.25) is 0 Å². The third-order valence-electron chi connectivity index (χ3n) is 2.67. The molecular formula is C9H11N5. The first kappa shape index (κ1) is 7.87. The highest BCUT2D eigenvalue weighted by molar-refractivity contribution is 5.70. The minimum absolute atomic E-state index is 0.236. The number of nitrogens with zero attached hydrogens (tertiary/aromatic N) is 4. The van der Waals surface area contributed by atoms with E-state index in [0.717, 1.165) is 36.4 Å². The zero-order chi connectivity index (χ0) is 9.54. The van der Waals surface area contributed by atoms with Crippen LogP contribution in [-0.4, -0.2) is 25.6 Å². The Kier molecular flexibility index (Phi) is 1.55. The molecule has 5 heteroatoms. The minimum atomic E-state index is 0.236. The lowest BCUT2D eigenvalue weighted by molar-refractivity contribution is 0.461. The molecule has 2 aromatic rings. The van der Waals surface area contributed by atoms with Crippen LogP contribution in [0.2, 0.25) is 0 Å². The van der Waals surface area contributed by atoms with Gasteiger partial charge in [-0.3, -0.25) is 0 Å². The van der Waals surface area contributed by atoms with Crippen LogP contribution in [0.4, 0.5) is 0 Å². The Labute approximate surface area is 81.0 Å². The summed E-state index contributed by atoms with van der Waals surface area (Å²) in [5.74, 6) is 1.09. The van der Waals surface area contributed by atoms with Crippen molar-refractivity contribution in [2.45, 2.75) is 25.4 Å². The van der Waals surface area contributed by atoms with E-state index in [2.05, 4.69) is 19.5 Å². The van der Waals surface area contributed by atoms with Crippen molar-refractivity contribution < 1.29 is 0 Å². The average Bonchev–Trinajstić information content (AvgIpc) is 2.56. The van der Waals surface area contributed by atoms with Gasteiger partial charge in [0.15, 0.2) is 5.65 Å². The fraction of sp³-hybridized carbons (Fsp3) is 0.444. The van der Waals surface area contributed by atoms with Crippen LogP contribution in [0.5, 0.6) is 0 Å². The molecule has 0 bridgehead atoms. The standard InChI is InChI=1S/C9H11N5/c10-6-1-2-8-13-9-7(14(8)4-6)3-11-5-12-9/h3,5-6H,1-2,4,10H2/t6-/m1/s1. The second-order valence-electron chi connectivity index (χ2n) is 3.67. The van der Waals surface area contributed by atoms with Crippen LogP contribution in [0.1, 0.15) is 12.2 Å². The van der Waals surface area contributed by atoms with E-state index < -0.39 is 0 Å². The molecule has 0 radical (unpaired) electrons. The van der Waals surface area contributed by atoms with Gasteiger partial charge in [-0.25, -0.2) is 15.0 Å². The van der Waals surface area contributed by atoms with E-state index in [1.54, 1.807) is 6.20 Å². The number of hydrogen-bond acceptors (Lipinski definition) is 4. The maximum Gasteiger partial charge on any atom is 0.181 e. The van der Waals surface area contributed by atoms with E-state index in [0.29, 0.717) is 0 Å². The summed E-state index contributed by atoms with van der Waals surface area (Å²) in [6, 6.07) is 0.236. The number of hydrogen-bond donors (Lipinski definition) is 1. The molecular weight excluding hydrogens is 178 g/mol. The highest BCUT2D eigenvalue weighted by Gasteiger charge is 2.19. The average molecular weight is 189 g/mol. The van der Waals surface area contributed by atoms with Crippen molar-refractivity contribution in [3.63, 3.8) is 0 Å². The number of imidazole rings is 1. The van der Waals surface area contributed by atoms with E-state index in [9.17, 15) is 0 Å². The number of nitrogens with two attached hydrogens (primary N) is 1. The third-order valence-corrected chi connectivity index (χ3v) is 2.67. The van der Waals surface area contributed by atoms with Gasteiger partial charge < -0.3 is 10.3 Å². The van der Waals surface area contributed by atoms with Crippen LogP contribution in [-0.2, 0) is 13.0 Å². The molecule has 72 valence electrons. The van der Waals surface area contributed by atoms with Gasteiger partial charge in [-0.15, -0.1) is 0 Å². The lowest BCUT2D eigenvalue weighted by atomic mass is 10.1. The second-order valence-corrected chi connectivity index (χ2v) is 3.67. The Morgan fingerprint density at radius 3 is 3.36 bits per heavy atom. The van der Waals surface area contributed by atoms with Crippen molar-refractivity contribution in [2.75, 3.05) is 0 Å². The molecule has 1 aliphatic rings. The summed E-state index contributed by atoms with van der Waals surface area (Å²) in [7, 11) is 0. The zero-order valence-electron chi connectivity index (χ0n) is 7.72.